The standard InChI is InChI=1S/C28H46N2OS2/c1-4-5-6-7-8-9-10-11-12-13-14-15-16-17-18-19-20-21-22-23-27(31)30-24-25-32-33-28(2,3)26-29/h5-6,8-9,11-12,14-15,17-18,20-21H,4,7,10,13,16,19,22-26,29H2,1-3H3,(H,30,31). The Morgan fingerprint density at radius 2 is 1.24 bits per heavy atom. The van der Waals surface area contributed by atoms with Crippen LogP contribution in [-0.2, 0) is 4.79 Å². The molecule has 3 N–H and O–H groups in total. The predicted octanol–water partition coefficient (Wildman–Crippen LogP) is 7.70. The van der Waals surface area contributed by atoms with Gasteiger partial charge in [-0.25, -0.2) is 0 Å². The number of nitrogens with two attached hydrogens (primary N) is 1. The molecule has 5 heteroatoms. The minimum absolute atomic E-state index is 0.0880. The summed E-state index contributed by atoms with van der Waals surface area (Å²) in [6.45, 7) is 7.79. The maximum Gasteiger partial charge on any atom is 0.220 e. The van der Waals surface area contributed by atoms with Gasteiger partial charge in [0.25, 0.3) is 0 Å². The SMILES string of the molecule is CCC=CCC=CCC=CCC=CCC=CCC=CCCC(=O)NCCSSC(C)(C)CN. The van der Waals surface area contributed by atoms with Gasteiger partial charge in [-0.3, -0.25) is 4.79 Å². The molecule has 33 heavy (non-hydrogen) atoms. The second-order valence-electron chi connectivity index (χ2n) is 8.17. The summed E-state index contributed by atoms with van der Waals surface area (Å²) in [6, 6.07) is 0. The van der Waals surface area contributed by atoms with Crippen molar-refractivity contribution < 1.29 is 4.79 Å². The van der Waals surface area contributed by atoms with E-state index in [1.165, 1.54) is 0 Å². The summed E-state index contributed by atoms with van der Waals surface area (Å²) in [5.74, 6) is 1.03. The van der Waals surface area contributed by atoms with Crippen LogP contribution in [0.4, 0.5) is 0 Å². The zero-order chi connectivity index (χ0) is 24.5. The number of rotatable bonds is 20. The second-order valence-corrected chi connectivity index (χ2v) is 11.3. The fourth-order valence-corrected chi connectivity index (χ4v) is 4.73. The van der Waals surface area contributed by atoms with Crippen molar-refractivity contribution in [1.29, 1.82) is 0 Å². The van der Waals surface area contributed by atoms with Gasteiger partial charge >= 0.3 is 0 Å². The fraction of sp³-hybridized carbons (Fsp3) is 0.536. The largest absolute Gasteiger partial charge is 0.355 e. The van der Waals surface area contributed by atoms with Gasteiger partial charge in [0, 0.05) is 30.0 Å². The van der Waals surface area contributed by atoms with E-state index in [1.54, 1.807) is 21.6 Å². The van der Waals surface area contributed by atoms with Crippen LogP contribution < -0.4 is 11.1 Å². The first-order valence-corrected chi connectivity index (χ1v) is 14.5. The van der Waals surface area contributed by atoms with Crippen molar-refractivity contribution in [1.82, 2.24) is 5.32 Å². The van der Waals surface area contributed by atoms with Crippen molar-refractivity contribution in [3.8, 4) is 0 Å². The molecule has 0 saturated heterocycles. The van der Waals surface area contributed by atoms with E-state index < -0.39 is 0 Å². The number of hydrogen-bond acceptors (Lipinski definition) is 4. The van der Waals surface area contributed by atoms with Crippen LogP contribution in [0.5, 0.6) is 0 Å². The van der Waals surface area contributed by atoms with Gasteiger partial charge in [-0.05, 0) is 58.8 Å². The normalized spacial score (nSPS) is 13.2. The zero-order valence-electron chi connectivity index (χ0n) is 21.0. The van der Waals surface area contributed by atoms with Crippen molar-refractivity contribution in [3.05, 3.63) is 72.9 Å². The molecule has 3 nitrogen and oxygen atoms in total. The van der Waals surface area contributed by atoms with Crippen molar-refractivity contribution in [2.75, 3.05) is 18.8 Å². The first-order valence-electron chi connectivity index (χ1n) is 12.2. The molecule has 0 aromatic carbocycles. The summed E-state index contributed by atoms with van der Waals surface area (Å²) in [6.07, 6.45) is 33.6. The third-order valence-electron chi connectivity index (χ3n) is 4.42. The molecule has 0 unspecified atom stereocenters. The molecule has 0 rings (SSSR count). The average molecular weight is 491 g/mol. The highest BCUT2D eigenvalue weighted by molar-refractivity contribution is 8.77. The van der Waals surface area contributed by atoms with Gasteiger partial charge in [0.15, 0.2) is 0 Å². The van der Waals surface area contributed by atoms with Crippen molar-refractivity contribution in [3.63, 3.8) is 0 Å². The smallest absolute Gasteiger partial charge is 0.220 e. The minimum atomic E-state index is 0.0880. The maximum atomic E-state index is 11.8. The van der Waals surface area contributed by atoms with Crippen molar-refractivity contribution >= 4 is 27.5 Å². The van der Waals surface area contributed by atoms with E-state index in [2.05, 4.69) is 99.0 Å². The van der Waals surface area contributed by atoms with Crippen LogP contribution in [0.25, 0.3) is 0 Å². The summed E-state index contributed by atoms with van der Waals surface area (Å²) < 4.78 is 0.0880. The lowest BCUT2D eigenvalue weighted by Gasteiger charge is -2.20. The summed E-state index contributed by atoms with van der Waals surface area (Å²) in [7, 11) is 3.55. The number of hydrogen-bond donors (Lipinski definition) is 2. The summed E-state index contributed by atoms with van der Waals surface area (Å²) in [5, 5.41) is 2.98. The quantitative estimate of drug-likeness (QED) is 0.104. The number of allylic oxidation sites excluding steroid dienone is 12. The van der Waals surface area contributed by atoms with Gasteiger partial charge in [0.2, 0.25) is 5.91 Å². The Hall–Kier alpha value is -1.43. The lowest BCUT2D eigenvalue weighted by Crippen LogP contribution is -2.27. The van der Waals surface area contributed by atoms with Crippen LogP contribution in [0.2, 0.25) is 0 Å². The molecular weight excluding hydrogens is 444 g/mol. The fourth-order valence-electron chi connectivity index (χ4n) is 2.41. The van der Waals surface area contributed by atoms with E-state index in [4.69, 9.17) is 5.73 Å². The van der Waals surface area contributed by atoms with E-state index in [-0.39, 0.29) is 10.7 Å². The molecule has 0 fully saturated rings. The third-order valence-corrected chi connectivity index (χ3v) is 7.73. The highest BCUT2D eigenvalue weighted by atomic mass is 33.1. The number of nitrogens with one attached hydrogen (secondary N) is 1. The minimum Gasteiger partial charge on any atom is -0.355 e. The number of amides is 1. The number of carbonyl (C=O) groups is 1. The second kappa shape index (κ2) is 23.7. The monoisotopic (exact) mass is 490 g/mol. The Labute approximate surface area is 211 Å². The highest BCUT2D eigenvalue weighted by Crippen LogP contribution is 2.34. The van der Waals surface area contributed by atoms with Gasteiger partial charge in [-0.15, -0.1) is 0 Å². The molecule has 0 aromatic rings. The molecule has 0 atom stereocenters. The van der Waals surface area contributed by atoms with Gasteiger partial charge in [0.1, 0.15) is 0 Å². The first kappa shape index (κ1) is 31.6. The molecule has 0 aliphatic heterocycles. The topological polar surface area (TPSA) is 55.1 Å². The van der Waals surface area contributed by atoms with Crippen LogP contribution in [0.3, 0.4) is 0 Å². The molecule has 0 bridgehead atoms. The van der Waals surface area contributed by atoms with E-state index in [0.29, 0.717) is 19.5 Å². The van der Waals surface area contributed by atoms with E-state index in [1.807, 2.05) is 0 Å². The number of carbonyl (C=O) groups excluding carboxylic acids is 1. The van der Waals surface area contributed by atoms with E-state index in [9.17, 15) is 4.79 Å². The van der Waals surface area contributed by atoms with Gasteiger partial charge in [0.05, 0.1) is 0 Å². The summed E-state index contributed by atoms with van der Waals surface area (Å²) >= 11 is 0. The van der Waals surface area contributed by atoms with Crippen LogP contribution >= 0.6 is 21.6 Å². The van der Waals surface area contributed by atoms with Gasteiger partial charge in [-0.1, -0.05) is 101 Å². The molecule has 1 amide bonds. The van der Waals surface area contributed by atoms with Gasteiger partial charge in [-0.2, -0.15) is 0 Å². The maximum absolute atomic E-state index is 11.8. The van der Waals surface area contributed by atoms with E-state index >= 15 is 0 Å². The predicted molar refractivity (Wildman–Crippen MR) is 154 cm³/mol. The van der Waals surface area contributed by atoms with Crippen LogP contribution in [-0.4, -0.2) is 29.5 Å². The Balaban J connectivity index is 3.59. The Morgan fingerprint density at radius 1 is 0.788 bits per heavy atom. The van der Waals surface area contributed by atoms with Crippen LogP contribution in [0, 0.1) is 0 Å². The average Bonchev–Trinajstić information content (AvgIpc) is 2.80. The molecule has 0 aromatic heterocycles. The van der Waals surface area contributed by atoms with Crippen LogP contribution in [0.15, 0.2) is 72.9 Å². The molecule has 0 aliphatic rings. The third kappa shape index (κ3) is 25.0. The first-order chi connectivity index (χ1) is 16.0. The molecule has 0 spiro atoms. The Bertz CT molecular complexity index is 646. The highest BCUT2D eigenvalue weighted by Gasteiger charge is 2.15. The lowest BCUT2D eigenvalue weighted by molar-refractivity contribution is -0.120. The summed E-state index contributed by atoms with van der Waals surface area (Å²) in [4.78, 5) is 11.8. The summed E-state index contributed by atoms with van der Waals surface area (Å²) in [5.41, 5.74) is 5.71. The van der Waals surface area contributed by atoms with Gasteiger partial charge < -0.3 is 11.1 Å². The Morgan fingerprint density at radius 3 is 1.70 bits per heavy atom. The molecule has 0 radical (unpaired) electrons. The van der Waals surface area contributed by atoms with Crippen molar-refractivity contribution in [2.24, 2.45) is 5.73 Å². The molecule has 186 valence electrons. The molecule has 0 aliphatic carbocycles. The zero-order valence-corrected chi connectivity index (χ0v) is 22.6. The Kier molecular flexibility index (Phi) is 22.7. The molecule has 0 saturated carbocycles. The van der Waals surface area contributed by atoms with Crippen molar-refractivity contribution in [2.45, 2.75) is 76.9 Å². The molecular formula is C28H46N2OS2. The van der Waals surface area contributed by atoms with E-state index in [0.717, 1.165) is 50.7 Å². The van der Waals surface area contributed by atoms with Crippen LogP contribution in [0.1, 0.15) is 72.1 Å². The molecule has 0 heterocycles. The lowest BCUT2D eigenvalue weighted by atomic mass is 10.2.